The van der Waals surface area contributed by atoms with Gasteiger partial charge in [0, 0.05) is 49.6 Å². The molecule has 0 radical (unpaired) electrons. The molecule has 0 aliphatic carbocycles. The number of nitro groups is 1. The van der Waals surface area contributed by atoms with Crippen molar-refractivity contribution in [3.63, 3.8) is 0 Å². The first kappa shape index (κ1) is 24.8. The van der Waals surface area contributed by atoms with Gasteiger partial charge in [-0.3, -0.25) is 19.3 Å². The number of imidazole rings is 1. The molecule has 1 atom stereocenters. The van der Waals surface area contributed by atoms with E-state index in [0.29, 0.717) is 46.9 Å². The molecule has 2 aliphatic heterocycles. The number of hydrogen-bond donors (Lipinski definition) is 0. The zero-order chi connectivity index (χ0) is 27.1. The predicted molar refractivity (Wildman–Crippen MR) is 145 cm³/mol. The quantitative estimate of drug-likeness (QED) is 0.272. The largest absolute Gasteiger partial charge is 0.482 e. The fourth-order valence-electron chi connectivity index (χ4n) is 5.31. The van der Waals surface area contributed by atoms with Crippen molar-refractivity contribution in [1.82, 2.24) is 19.3 Å². The first-order valence-corrected chi connectivity index (χ1v) is 12.9. The molecule has 0 bridgehead atoms. The monoisotopic (exact) mass is 528 g/mol. The normalized spacial score (nSPS) is 17.6. The van der Waals surface area contributed by atoms with Crippen LogP contribution in [0.3, 0.4) is 0 Å². The standard InChI is InChI=1S/C28H28N6O5/c1-31-12-3-4-18(15-31)16-39-28-30-26(19-5-8-21(9-6-19)34(36)37)25(27-29-11-13-33(27)28)20-7-10-22-23(14-20)38-17-24(35)32(22)2/h5-11,13-14,18H,3-4,12,15-17H2,1-2H3/t18-/m1/s1. The molecule has 4 aromatic rings. The lowest BCUT2D eigenvalue weighted by Gasteiger charge is -2.29. The Labute approximate surface area is 224 Å². The molecule has 2 aliphatic rings. The van der Waals surface area contributed by atoms with Crippen LogP contribution < -0.4 is 14.4 Å². The van der Waals surface area contributed by atoms with E-state index < -0.39 is 4.92 Å². The van der Waals surface area contributed by atoms with Gasteiger partial charge in [-0.15, -0.1) is 0 Å². The minimum Gasteiger partial charge on any atom is -0.482 e. The van der Waals surface area contributed by atoms with Crippen LogP contribution in [0.1, 0.15) is 12.8 Å². The van der Waals surface area contributed by atoms with Crippen molar-refractivity contribution in [2.24, 2.45) is 5.92 Å². The van der Waals surface area contributed by atoms with E-state index in [4.69, 9.17) is 14.5 Å². The number of carbonyl (C=O) groups is 1. The number of nitrogens with zero attached hydrogens (tertiary/aromatic N) is 6. The fraction of sp³-hybridized carbons (Fsp3) is 0.321. The third-order valence-corrected chi connectivity index (χ3v) is 7.37. The van der Waals surface area contributed by atoms with Gasteiger partial charge in [-0.1, -0.05) is 6.07 Å². The molecule has 11 nitrogen and oxygen atoms in total. The molecule has 6 rings (SSSR count). The highest BCUT2D eigenvalue weighted by molar-refractivity contribution is 5.99. The third kappa shape index (κ3) is 4.65. The molecule has 2 aromatic heterocycles. The maximum atomic E-state index is 12.1. The summed E-state index contributed by atoms with van der Waals surface area (Å²) in [6.45, 7) is 2.54. The van der Waals surface area contributed by atoms with E-state index in [1.54, 1.807) is 30.3 Å². The SMILES string of the molecule is CN1CCC[C@@H](COc2nc(-c3ccc([N+](=O)[O-])cc3)c(-c3ccc4c(c3)OCC(=O)N4C)c3nccn23)C1. The van der Waals surface area contributed by atoms with Gasteiger partial charge in [0.1, 0.15) is 5.75 Å². The van der Waals surface area contributed by atoms with Crippen LogP contribution in [-0.4, -0.2) is 70.5 Å². The van der Waals surface area contributed by atoms with Crippen molar-refractivity contribution in [3.8, 4) is 34.1 Å². The fourth-order valence-corrected chi connectivity index (χ4v) is 5.31. The van der Waals surface area contributed by atoms with Crippen LogP contribution in [-0.2, 0) is 4.79 Å². The molecule has 0 unspecified atom stereocenters. The molecule has 0 saturated carbocycles. The summed E-state index contributed by atoms with van der Waals surface area (Å²) in [7, 11) is 3.84. The molecule has 200 valence electrons. The number of rotatable bonds is 6. The van der Waals surface area contributed by atoms with Crippen LogP contribution in [0.2, 0.25) is 0 Å². The van der Waals surface area contributed by atoms with E-state index >= 15 is 0 Å². The Hall–Kier alpha value is -4.51. The number of ether oxygens (including phenoxy) is 2. The zero-order valence-electron chi connectivity index (χ0n) is 21.7. The summed E-state index contributed by atoms with van der Waals surface area (Å²) in [5.74, 6) is 0.851. The van der Waals surface area contributed by atoms with E-state index in [2.05, 4.69) is 16.9 Å². The number of anilines is 1. The second-order valence-corrected chi connectivity index (χ2v) is 10.0. The Morgan fingerprint density at radius 1 is 1.15 bits per heavy atom. The summed E-state index contributed by atoms with van der Waals surface area (Å²) >= 11 is 0. The van der Waals surface area contributed by atoms with Crippen LogP contribution in [0, 0.1) is 16.0 Å². The van der Waals surface area contributed by atoms with Crippen LogP contribution in [0.4, 0.5) is 11.4 Å². The van der Waals surface area contributed by atoms with Crippen LogP contribution in [0.15, 0.2) is 54.9 Å². The Morgan fingerprint density at radius 2 is 1.95 bits per heavy atom. The molecular weight excluding hydrogens is 500 g/mol. The van der Waals surface area contributed by atoms with E-state index in [0.717, 1.165) is 37.1 Å². The molecule has 0 N–H and O–H groups in total. The number of benzene rings is 2. The van der Waals surface area contributed by atoms with E-state index in [-0.39, 0.29) is 18.2 Å². The van der Waals surface area contributed by atoms with Gasteiger partial charge in [0.05, 0.1) is 28.5 Å². The minimum absolute atomic E-state index is 0.00466. The average Bonchev–Trinajstić information content (AvgIpc) is 3.43. The van der Waals surface area contributed by atoms with Crippen LogP contribution >= 0.6 is 0 Å². The molecule has 11 heteroatoms. The number of fused-ring (bicyclic) bond motifs is 2. The van der Waals surface area contributed by atoms with Crippen molar-refractivity contribution in [2.75, 3.05) is 45.3 Å². The second-order valence-electron chi connectivity index (χ2n) is 10.0. The minimum atomic E-state index is -0.426. The average molecular weight is 529 g/mol. The van der Waals surface area contributed by atoms with Gasteiger partial charge in [0.15, 0.2) is 12.3 Å². The summed E-state index contributed by atoms with van der Waals surface area (Å²) in [5.41, 5.74) is 4.09. The Bertz CT molecular complexity index is 1570. The van der Waals surface area contributed by atoms with Gasteiger partial charge in [-0.25, -0.2) is 4.98 Å². The Balaban J connectivity index is 1.47. The molecule has 2 aromatic carbocycles. The lowest BCUT2D eigenvalue weighted by Crippen LogP contribution is -2.35. The molecule has 1 amide bonds. The van der Waals surface area contributed by atoms with Crippen molar-refractivity contribution in [2.45, 2.75) is 12.8 Å². The molecule has 39 heavy (non-hydrogen) atoms. The lowest BCUT2D eigenvalue weighted by molar-refractivity contribution is -0.384. The number of carbonyl (C=O) groups excluding carboxylic acids is 1. The number of likely N-dealkylation sites (tertiary alicyclic amines) is 1. The summed E-state index contributed by atoms with van der Waals surface area (Å²) in [6.07, 6.45) is 5.74. The molecule has 0 spiro atoms. The second kappa shape index (κ2) is 9.99. The van der Waals surface area contributed by atoms with Crippen molar-refractivity contribution < 1.29 is 19.2 Å². The topological polar surface area (TPSA) is 115 Å². The van der Waals surface area contributed by atoms with Crippen LogP contribution in [0.25, 0.3) is 28.0 Å². The van der Waals surface area contributed by atoms with Gasteiger partial charge in [-0.05, 0) is 56.3 Å². The molecular formula is C28H28N6O5. The van der Waals surface area contributed by atoms with E-state index in [1.165, 1.54) is 12.1 Å². The van der Waals surface area contributed by atoms with Crippen molar-refractivity contribution in [1.29, 1.82) is 0 Å². The summed E-state index contributed by atoms with van der Waals surface area (Å²) in [6, 6.07) is 12.3. The van der Waals surface area contributed by atoms with Crippen molar-refractivity contribution >= 4 is 22.9 Å². The van der Waals surface area contributed by atoms with Gasteiger partial charge in [-0.2, -0.15) is 4.98 Å². The van der Waals surface area contributed by atoms with E-state index in [1.807, 2.05) is 28.8 Å². The Morgan fingerprint density at radius 3 is 2.72 bits per heavy atom. The third-order valence-electron chi connectivity index (χ3n) is 7.37. The highest BCUT2D eigenvalue weighted by atomic mass is 16.6. The number of aromatic nitrogens is 3. The van der Waals surface area contributed by atoms with Gasteiger partial charge in [0.25, 0.3) is 11.6 Å². The number of likely N-dealkylation sites (N-methyl/N-ethyl adjacent to an activating group) is 1. The van der Waals surface area contributed by atoms with Crippen LogP contribution in [0.5, 0.6) is 11.8 Å². The maximum Gasteiger partial charge on any atom is 0.302 e. The van der Waals surface area contributed by atoms with Gasteiger partial charge in [0.2, 0.25) is 0 Å². The first-order chi connectivity index (χ1) is 18.9. The highest BCUT2D eigenvalue weighted by Crippen LogP contribution is 2.41. The molecule has 4 heterocycles. The smallest absolute Gasteiger partial charge is 0.302 e. The summed E-state index contributed by atoms with van der Waals surface area (Å²) in [5, 5.41) is 11.3. The summed E-state index contributed by atoms with van der Waals surface area (Å²) in [4.78, 5) is 36.5. The predicted octanol–water partition coefficient (Wildman–Crippen LogP) is 4.05. The highest BCUT2D eigenvalue weighted by Gasteiger charge is 2.26. The maximum absolute atomic E-state index is 12.1. The number of amides is 1. The Kier molecular flexibility index (Phi) is 6.35. The first-order valence-electron chi connectivity index (χ1n) is 12.9. The number of hydrogen-bond acceptors (Lipinski definition) is 8. The molecule has 1 fully saturated rings. The molecule has 1 saturated heterocycles. The number of non-ortho nitro benzene ring substituents is 1. The van der Waals surface area contributed by atoms with Crippen molar-refractivity contribution in [3.05, 3.63) is 65.0 Å². The van der Waals surface area contributed by atoms with Gasteiger partial charge < -0.3 is 19.3 Å². The zero-order valence-corrected chi connectivity index (χ0v) is 21.7. The summed E-state index contributed by atoms with van der Waals surface area (Å²) < 4.78 is 13.9. The van der Waals surface area contributed by atoms with E-state index in [9.17, 15) is 14.9 Å². The number of piperidine rings is 1. The lowest BCUT2D eigenvalue weighted by atomic mass is 9.98. The number of nitro benzene ring substituents is 1. The van der Waals surface area contributed by atoms with Gasteiger partial charge >= 0.3 is 6.01 Å².